The summed E-state index contributed by atoms with van der Waals surface area (Å²) in [5.74, 6) is -0.735. The number of nitrogens with zero attached hydrogens (tertiary/aromatic N) is 1. The molecule has 4 aromatic rings. The van der Waals surface area contributed by atoms with E-state index in [2.05, 4.69) is 10.6 Å². The van der Waals surface area contributed by atoms with Crippen molar-refractivity contribution in [2.45, 2.75) is 27.7 Å². The zero-order valence-corrected chi connectivity index (χ0v) is 19.5. The molecule has 2 N–H and O–H groups in total. The van der Waals surface area contributed by atoms with Gasteiger partial charge in [0.05, 0.1) is 16.9 Å². The SMILES string of the molecule is CC(=O)Nc1cccc(-c2c(C)n(C)c(=O)c3c(Nc4ccc(C)cc4F)c(C)c(=O)oc23)c1. The van der Waals surface area contributed by atoms with Crippen LogP contribution in [0.2, 0.25) is 0 Å². The van der Waals surface area contributed by atoms with Crippen molar-refractivity contribution in [3.8, 4) is 11.1 Å². The molecule has 7 nitrogen and oxygen atoms in total. The van der Waals surface area contributed by atoms with Crippen LogP contribution in [0.3, 0.4) is 0 Å². The molecule has 0 saturated heterocycles. The number of carbonyl (C=O) groups is 1. The summed E-state index contributed by atoms with van der Waals surface area (Å²) in [5, 5.41) is 5.81. The lowest BCUT2D eigenvalue weighted by molar-refractivity contribution is -0.114. The van der Waals surface area contributed by atoms with Crippen LogP contribution in [0, 0.1) is 26.6 Å². The van der Waals surface area contributed by atoms with Gasteiger partial charge < -0.3 is 19.6 Å². The Hall–Kier alpha value is -4.20. The van der Waals surface area contributed by atoms with Crippen molar-refractivity contribution in [3.63, 3.8) is 0 Å². The summed E-state index contributed by atoms with van der Waals surface area (Å²) in [4.78, 5) is 37.7. The van der Waals surface area contributed by atoms with Crippen molar-refractivity contribution in [1.82, 2.24) is 4.57 Å². The van der Waals surface area contributed by atoms with E-state index in [4.69, 9.17) is 4.42 Å². The Balaban J connectivity index is 2.06. The molecule has 0 bridgehead atoms. The first-order valence-corrected chi connectivity index (χ1v) is 10.7. The summed E-state index contributed by atoms with van der Waals surface area (Å²) in [6, 6.07) is 11.7. The summed E-state index contributed by atoms with van der Waals surface area (Å²) in [5.41, 5.74) is 2.56. The van der Waals surface area contributed by atoms with Crippen molar-refractivity contribution < 1.29 is 13.6 Å². The molecule has 2 aromatic heterocycles. The minimum Gasteiger partial charge on any atom is -0.421 e. The molecule has 0 aliphatic carbocycles. The number of amides is 1. The quantitative estimate of drug-likeness (QED) is 0.450. The van der Waals surface area contributed by atoms with Gasteiger partial charge in [-0.2, -0.15) is 0 Å². The molecule has 8 heteroatoms. The zero-order valence-electron chi connectivity index (χ0n) is 19.5. The molecule has 0 saturated carbocycles. The lowest BCUT2D eigenvalue weighted by Gasteiger charge is -2.18. The van der Waals surface area contributed by atoms with Gasteiger partial charge in [0.25, 0.3) is 5.56 Å². The van der Waals surface area contributed by atoms with Gasteiger partial charge in [-0.05, 0) is 56.2 Å². The Labute approximate surface area is 194 Å². The van der Waals surface area contributed by atoms with E-state index in [9.17, 15) is 18.8 Å². The van der Waals surface area contributed by atoms with Crippen molar-refractivity contribution in [1.29, 1.82) is 0 Å². The molecule has 2 heterocycles. The van der Waals surface area contributed by atoms with E-state index in [1.807, 2.05) is 0 Å². The number of pyridine rings is 1. The summed E-state index contributed by atoms with van der Waals surface area (Å²) >= 11 is 0. The van der Waals surface area contributed by atoms with E-state index in [0.29, 0.717) is 22.5 Å². The Morgan fingerprint density at radius 2 is 1.79 bits per heavy atom. The Morgan fingerprint density at radius 1 is 1.06 bits per heavy atom. The average molecular weight is 461 g/mol. The third kappa shape index (κ3) is 3.98. The van der Waals surface area contributed by atoms with E-state index < -0.39 is 17.0 Å². The molecule has 2 aromatic carbocycles. The third-order valence-electron chi connectivity index (χ3n) is 5.82. The number of nitrogens with one attached hydrogen (secondary N) is 2. The summed E-state index contributed by atoms with van der Waals surface area (Å²) in [6.07, 6.45) is 0. The number of halogens is 1. The van der Waals surface area contributed by atoms with Crippen LogP contribution in [0.25, 0.3) is 22.1 Å². The van der Waals surface area contributed by atoms with Crippen LogP contribution < -0.4 is 21.8 Å². The van der Waals surface area contributed by atoms with Gasteiger partial charge >= 0.3 is 5.63 Å². The Bertz CT molecular complexity index is 1580. The predicted molar refractivity (Wildman–Crippen MR) is 131 cm³/mol. The molecular formula is C26H24FN3O4. The second kappa shape index (κ2) is 8.62. The maximum Gasteiger partial charge on any atom is 0.341 e. The van der Waals surface area contributed by atoms with E-state index in [-0.39, 0.29) is 33.8 Å². The molecule has 0 atom stereocenters. The molecule has 0 fully saturated rings. The van der Waals surface area contributed by atoms with Gasteiger partial charge in [-0.1, -0.05) is 18.2 Å². The van der Waals surface area contributed by atoms with Gasteiger partial charge in [-0.3, -0.25) is 9.59 Å². The first-order valence-electron chi connectivity index (χ1n) is 10.7. The second-order valence-electron chi connectivity index (χ2n) is 8.29. The van der Waals surface area contributed by atoms with Crippen molar-refractivity contribution in [3.05, 3.63) is 85.9 Å². The average Bonchev–Trinajstić information content (AvgIpc) is 2.77. The molecule has 4 rings (SSSR count). The minimum atomic E-state index is -0.644. The fourth-order valence-electron chi connectivity index (χ4n) is 3.96. The largest absolute Gasteiger partial charge is 0.421 e. The van der Waals surface area contributed by atoms with Crippen LogP contribution >= 0.6 is 0 Å². The smallest absolute Gasteiger partial charge is 0.341 e. The van der Waals surface area contributed by atoms with Gasteiger partial charge in [-0.15, -0.1) is 0 Å². The lowest BCUT2D eigenvalue weighted by atomic mass is 9.99. The van der Waals surface area contributed by atoms with Gasteiger partial charge in [-0.25, -0.2) is 9.18 Å². The number of carbonyl (C=O) groups excluding carboxylic acids is 1. The highest BCUT2D eigenvalue weighted by Gasteiger charge is 2.23. The molecule has 0 radical (unpaired) electrons. The number of rotatable bonds is 4. The molecule has 0 spiro atoms. The Kier molecular flexibility index (Phi) is 5.83. The number of anilines is 3. The fraction of sp³-hybridized carbons (Fsp3) is 0.192. The molecule has 174 valence electrons. The standard InChI is InChI=1S/C26H24FN3O4/c1-13-9-10-20(19(27)11-13)29-23-14(2)26(33)34-24-21(15(3)30(5)25(32)22(23)24)17-7-6-8-18(12-17)28-16(4)31/h6-12,29H,1-5H3,(H,28,31). The van der Waals surface area contributed by atoms with Crippen molar-refractivity contribution >= 4 is 33.9 Å². The number of aryl methyl sites for hydroxylation is 1. The minimum absolute atomic E-state index is 0.0891. The van der Waals surface area contributed by atoms with Crippen molar-refractivity contribution in [2.24, 2.45) is 7.05 Å². The normalized spacial score (nSPS) is 11.0. The molecule has 0 aliphatic heterocycles. The van der Waals surface area contributed by atoms with E-state index in [0.717, 1.165) is 5.56 Å². The highest BCUT2D eigenvalue weighted by atomic mass is 19.1. The zero-order chi connectivity index (χ0) is 24.7. The summed E-state index contributed by atoms with van der Waals surface area (Å²) in [6.45, 7) is 6.44. The summed E-state index contributed by atoms with van der Waals surface area (Å²) in [7, 11) is 1.62. The monoisotopic (exact) mass is 461 g/mol. The van der Waals surface area contributed by atoms with Crippen LogP contribution in [0.4, 0.5) is 21.5 Å². The first kappa shape index (κ1) is 23.0. The molecule has 0 aliphatic rings. The van der Waals surface area contributed by atoms with E-state index in [1.54, 1.807) is 57.3 Å². The third-order valence-corrected chi connectivity index (χ3v) is 5.82. The maximum atomic E-state index is 14.6. The van der Waals surface area contributed by atoms with E-state index >= 15 is 0 Å². The van der Waals surface area contributed by atoms with Crippen LogP contribution in [0.15, 0.2) is 56.5 Å². The van der Waals surface area contributed by atoms with Gasteiger partial charge in [0.15, 0.2) is 5.58 Å². The molecule has 1 amide bonds. The van der Waals surface area contributed by atoms with Gasteiger partial charge in [0, 0.05) is 30.9 Å². The molecule has 0 unspecified atom stereocenters. The fourth-order valence-corrected chi connectivity index (χ4v) is 3.96. The number of hydrogen-bond acceptors (Lipinski definition) is 5. The first-order chi connectivity index (χ1) is 16.1. The number of benzene rings is 2. The van der Waals surface area contributed by atoms with E-state index in [1.165, 1.54) is 24.5 Å². The second-order valence-corrected chi connectivity index (χ2v) is 8.29. The topological polar surface area (TPSA) is 93.3 Å². The molecule has 34 heavy (non-hydrogen) atoms. The number of aromatic nitrogens is 1. The number of hydrogen-bond donors (Lipinski definition) is 2. The number of fused-ring (bicyclic) bond motifs is 1. The Morgan fingerprint density at radius 3 is 2.47 bits per heavy atom. The predicted octanol–water partition coefficient (Wildman–Crippen LogP) is 4.93. The highest BCUT2D eigenvalue weighted by molar-refractivity contribution is 6.01. The highest BCUT2D eigenvalue weighted by Crippen LogP contribution is 2.35. The van der Waals surface area contributed by atoms with Gasteiger partial charge in [0.2, 0.25) is 5.91 Å². The molecular weight excluding hydrogens is 437 g/mol. The van der Waals surface area contributed by atoms with Crippen LogP contribution in [-0.4, -0.2) is 10.5 Å². The van der Waals surface area contributed by atoms with Crippen LogP contribution in [-0.2, 0) is 11.8 Å². The van der Waals surface area contributed by atoms with Crippen molar-refractivity contribution in [2.75, 3.05) is 10.6 Å². The lowest BCUT2D eigenvalue weighted by Crippen LogP contribution is -2.23. The maximum absolute atomic E-state index is 14.6. The summed E-state index contributed by atoms with van der Waals surface area (Å²) < 4.78 is 21.7. The van der Waals surface area contributed by atoms with Gasteiger partial charge in [0.1, 0.15) is 11.2 Å². The van der Waals surface area contributed by atoms with Crippen LogP contribution in [0.5, 0.6) is 0 Å². The van der Waals surface area contributed by atoms with Crippen LogP contribution in [0.1, 0.15) is 23.7 Å².